The molecule has 7 nitrogen and oxygen atoms in total. The van der Waals surface area contributed by atoms with Gasteiger partial charge in [0.15, 0.2) is 0 Å². The van der Waals surface area contributed by atoms with Crippen molar-refractivity contribution in [2.24, 2.45) is 0 Å². The summed E-state index contributed by atoms with van der Waals surface area (Å²) in [5.41, 5.74) is 2.41. The molecule has 0 aliphatic carbocycles. The summed E-state index contributed by atoms with van der Waals surface area (Å²) in [5, 5.41) is 3.66. The van der Waals surface area contributed by atoms with Crippen LogP contribution >= 0.6 is 0 Å². The molecule has 1 aromatic heterocycles. The maximum atomic E-state index is 12.5. The summed E-state index contributed by atoms with van der Waals surface area (Å²) in [6.45, 7) is 1.30. The first-order valence-corrected chi connectivity index (χ1v) is 9.36. The van der Waals surface area contributed by atoms with Crippen LogP contribution in [0.2, 0.25) is 0 Å². The van der Waals surface area contributed by atoms with Crippen LogP contribution in [0.3, 0.4) is 0 Å². The van der Waals surface area contributed by atoms with Crippen LogP contribution in [0.1, 0.15) is 18.1 Å². The number of hydrogen-bond acceptors (Lipinski definition) is 5. The van der Waals surface area contributed by atoms with Crippen LogP contribution in [0.5, 0.6) is 5.75 Å². The summed E-state index contributed by atoms with van der Waals surface area (Å²) in [5.74, 6) is -1.12. The molecule has 0 bridgehead atoms. The van der Waals surface area contributed by atoms with E-state index in [1.54, 1.807) is 24.3 Å². The van der Waals surface area contributed by atoms with Crippen molar-refractivity contribution >= 4 is 34.8 Å². The van der Waals surface area contributed by atoms with Gasteiger partial charge in [-0.25, -0.2) is 4.79 Å². The van der Waals surface area contributed by atoms with Crippen LogP contribution in [0, 0.1) is 0 Å². The number of ether oxygens (including phenoxy) is 2. The van der Waals surface area contributed by atoms with Gasteiger partial charge in [0.25, 0.3) is 0 Å². The Labute approximate surface area is 173 Å². The van der Waals surface area contributed by atoms with E-state index in [0.29, 0.717) is 11.3 Å². The van der Waals surface area contributed by atoms with E-state index < -0.39 is 23.9 Å². The molecule has 0 fully saturated rings. The number of carbonyl (C=O) groups excluding carboxylic acids is 3. The first kappa shape index (κ1) is 20.9. The molecule has 3 rings (SSSR count). The molecule has 2 N–H and O–H groups in total. The van der Waals surface area contributed by atoms with E-state index in [2.05, 4.69) is 10.3 Å². The number of H-pyrrole nitrogens is 1. The zero-order valence-electron chi connectivity index (χ0n) is 16.7. The Kier molecular flexibility index (Phi) is 6.64. The topological polar surface area (TPSA) is 97.5 Å². The van der Waals surface area contributed by atoms with Gasteiger partial charge in [0.2, 0.25) is 5.91 Å². The zero-order chi connectivity index (χ0) is 21.5. The third-order valence-corrected chi connectivity index (χ3v) is 4.49. The summed E-state index contributed by atoms with van der Waals surface area (Å²) in [6.07, 6.45) is 4.90. The average Bonchev–Trinajstić information content (AvgIpc) is 3.14. The Hall–Kier alpha value is -3.87. The Balaban J connectivity index is 1.74. The summed E-state index contributed by atoms with van der Waals surface area (Å²) in [4.78, 5) is 39.1. The van der Waals surface area contributed by atoms with E-state index in [-0.39, 0.29) is 6.42 Å². The SMILES string of the molecule is COC(=O)[C@H](Cc1c[nH]c2ccccc12)NC(=O)C=Cc1ccccc1OC(C)=O. The van der Waals surface area contributed by atoms with Gasteiger partial charge in [-0.2, -0.15) is 0 Å². The molecular formula is C23H22N2O5. The van der Waals surface area contributed by atoms with Gasteiger partial charge >= 0.3 is 11.9 Å². The number of aromatic amines is 1. The average molecular weight is 406 g/mol. The van der Waals surface area contributed by atoms with E-state index in [4.69, 9.17) is 9.47 Å². The van der Waals surface area contributed by atoms with Crippen LogP contribution in [0.4, 0.5) is 0 Å². The lowest BCUT2D eigenvalue weighted by Crippen LogP contribution is -2.42. The van der Waals surface area contributed by atoms with E-state index in [1.807, 2.05) is 30.5 Å². The number of esters is 2. The number of aromatic nitrogens is 1. The Morgan fingerprint density at radius 3 is 2.60 bits per heavy atom. The Morgan fingerprint density at radius 2 is 1.83 bits per heavy atom. The summed E-state index contributed by atoms with van der Waals surface area (Å²) >= 11 is 0. The van der Waals surface area contributed by atoms with Crippen molar-refractivity contribution in [1.29, 1.82) is 0 Å². The van der Waals surface area contributed by atoms with E-state index >= 15 is 0 Å². The van der Waals surface area contributed by atoms with Crippen molar-refractivity contribution in [1.82, 2.24) is 10.3 Å². The minimum atomic E-state index is -0.852. The van der Waals surface area contributed by atoms with E-state index in [0.717, 1.165) is 16.5 Å². The fourth-order valence-electron chi connectivity index (χ4n) is 3.11. The number of fused-ring (bicyclic) bond motifs is 1. The molecule has 0 saturated carbocycles. The van der Waals surface area contributed by atoms with Crippen molar-refractivity contribution in [2.75, 3.05) is 7.11 Å². The van der Waals surface area contributed by atoms with Crippen LogP contribution < -0.4 is 10.1 Å². The molecule has 0 spiro atoms. The highest BCUT2D eigenvalue weighted by Gasteiger charge is 2.22. The number of para-hydroxylation sites is 2. The maximum absolute atomic E-state index is 12.5. The van der Waals surface area contributed by atoms with Gasteiger partial charge < -0.3 is 19.8 Å². The third kappa shape index (κ3) is 5.14. The molecule has 0 unspecified atom stereocenters. The third-order valence-electron chi connectivity index (χ3n) is 4.49. The molecule has 3 aromatic rings. The monoisotopic (exact) mass is 406 g/mol. The van der Waals surface area contributed by atoms with Gasteiger partial charge in [0.1, 0.15) is 11.8 Å². The van der Waals surface area contributed by atoms with E-state index in [1.165, 1.54) is 26.2 Å². The molecule has 7 heteroatoms. The summed E-state index contributed by atoms with van der Waals surface area (Å²) in [7, 11) is 1.28. The molecule has 1 heterocycles. The van der Waals surface area contributed by atoms with E-state index in [9.17, 15) is 14.4 Å². The molecule has 30 heavy (non-hydrogen) atoms. The number of rotatable bonds is 7. The predicted octanol–water partition coefficient (Wildman–Crippen LogP) is 3.01. The molecule has 0 saturated heterocycles. The van der Waals surface area contributed by atoms with Crippen LogP contribution in [-0.2, 0) is 25.5 Å². The zero-order valence-corrected chi connectivity index (χ0v) is 16.7. The molecular weight excluding hydrogens is 384 g/mol. The van der Waals surface area contributed by atoms with Gasteiger partial charge in [0.05, 0.1) is 7.11 Å². The highest BCUT2D eigenvalue weighted by Crippen LogP contribution is 2.21. The molecule has 154 valence electrons. The number of methoxy groups -OCH3 is 1. The van der Waals surface area contributed by atoms with Crippen molar-refractivity contribution in [3.8, 4) is 5.75 Å². The van der Waals surface area contributed by atoms with Crippen LogP contribution in [0.25, 0.3) is 17.0 Å². The van der Waals surface area contributed by atoms with Gasteiger partial charge in [-0.05, 0) is 23.8 Å². The van der Waals surface area contributed by atoms with Crippen molar-refractivity contribution in [2.45, 2.75) is 19.4 Å². The lowest BCUT2D eigenvalue weighted by Gasteiger charge is -2.15. The second kappa shape index (κ2) is 9.56. The largest absolute Gasteiger partial charge is 0.467 e. The first-order valence-electron chi connectivity index (χ1n) is 9.36. The number of hydrogen-bond donors (Lipinski definition) is 2. The Bertz CT molecular complexity index is 1100. The van der Waals surface area contributed by atoms with Gasteiger partial charge in [0, 0.05) is 42.1 Å². The number of amides is 1. The number of nitrogens with one attached hydrogen (secondary N) is 2. The number of carbonyl (C=O) groups is 3. The van der Waals surface area contributed by atoms with Gasteiger partial charge in [-0.3, -0.25) is 9.59 Å². The number of benzene rings is 2. The standard InChI is InChI=1S/C23H22N2O5/c1-15(26)30-21-10-6-3-7-16(21)11-12-22(27)25-20(23(28)29-2)13-17-14-24-19-9-5-4-8-18(17)19/h3-12,14,20,24H,13H2,1-2H3,(H,25,27)/t20-/m0/s1. The van der Waals surface area contributed by atoms with Gasteiger partial charge in [-0.15, -0.1) is 0 Å². The second-order valence-electron chi connectivity index (χ2n) is 6.61. The maximum Gasteiger partial charge on any atom is 0.328 e. The smallest absolute Gasteiger partial charge is 0.328 e. The minimum absolute atomic E-state index is 0.278. The molecule has 0 aliphatic rings. The normalized spacial score (nSPS) is 11.9. The van der Waals surface area contributed by atoms with Crippen LogP contribution in [-0.4, -0.2) is 36.0 Å². The summed E-state index contributed by atoms with van der Waals surface area (Å²) in [6, 6.07) is 13.7. The lowest BCUT2D eigenvalue weighted by molar-refractivity contribution is -0.144. The highest BCUT2D eigenvalue weighted by molar-refractivity contribution is 5.95. The van der Waals surface area contributed by atoms with Gasteiger partial charge in [-0.1, -0.05) is 36.4 Å². The second-order valence-corrected chi connectivity index (χ2v) is 6.61. The fourth-order valence-corrected chi connectivity index (χ4v) is 3.11. The predicted molar refractivity (Wildman–Crippen MR) is 113 cm³/mol. The quantitative estimate of drug-likeness (QED) is 0.357. The van der Waals surface area contributed by atoms with Crippen LogP contribution in [0.15, 0.2) is 60.8 Å². The molecule has 2 aromatic carbocycles. The lowest BCUT2D eigenvalue weighted by atomic mass is 10.0. The van der Waals surface area contributed by atoms with Crippen molar-refractivity contribution < 1.29 is 23.9 Å². The Morgan fingerprint density at radius 1 is 1.10 bits per heavy atom. The van der Waals surface area contributed by atoms with Crippen molar-refractivity contribution in [3.05, 3.63) is 71.9 Å². The van der Waals surface area contributed by atoms with Crippen molar-refractivity contribution in [3.63, 3.8) is 0 Å². The highest BCUT2D eigenvalue weighted by atomic mass is 16.5. The molecule has 0 aliphatic heterocycles. The molecule has 0 radical (unpaired) electrons. The first-order chi connectivity index (χ1) is 14.5. The molecule has 1 atom stereocenters. The molecule has 1 amide bonds. The summed E-state index contributed by atoms with van der Waals surface area (Å²) < 4.78 is 9.98. The minimum Gasteiger partial charge on any atom is -0.467 e. The fraction of sp³-hybridized carbons (Fsp3) is 0.174.